The molecule has 0 aliphatic rings. The van der Waals surface area contributed by atoms with Gasteiger partial charge in [-0.2, -0.15) is 0 Å². The molecule has 3 aromatic rings. The predicted molar refractivity (Wildman–Crippen MR) is 97.0 cm³/mol. The van der Waals surface area contributed by atoms with Crippen molar-refractivity contribution in [2.24, 2.45) is 0 Å². The lowest BCUT2D eigenvalue weighted by molar-refractivity contribution is 0.828. The maximum Gasteiger partial charge on any atom is 0.0724 e. The van der Waals surface area contributed by atoms with E-state index in [0.717, 1.165) is 5.69 Å². The third-order valence-electron chi connectivity index (χ3n) is 3.61. The van der Waals surface area contributed by atoms with Crippen LogP contribution in [-0.2, 0) is 0 Å². The van der Waals surface area contributed by atoms with Crippen LogP contribution in [0.1, 0.15) is 25.5 Å². The molecule has 0 unspecified atom stereocenters. The highest BCUT2D eigenvalue weighted by atomic mass is 31.1. The monoisotopic (exact) mass is 305 g/mol. The normalized spacial score (nSPS) is 11.1. The van der Waals surface area contributed by atoms with Crippen LogP contribution >= 0.6 is 7.92 Å². The van der Waals surface area contributed by atoms with Crippen molar-refractivity contribution < 1.29 is 0 Å². The van der Waals surface area contributed by atoms with Crippen molar-refractivity contribution in [3.05, 3.63) is 84.6 Å². The van der Waals surface area contributed by atoms with Gasteiger partial charge in [-0.25, -0.2) is 0 Å². The molecular formula is C20H20NP. The Balaban J connectivity index is 2.12. The maximum atomic E-state index is 4.95. The Kier molecular flexibility index (Phi) is 4.65. The fourth-order valence-corrected chi connectivity index (χ4v) is 4.67. The van der Waals surface area contributed by atoms with E-state index in [1.54, 1.807) is 0 Å². The molecule has 3 rings (SSSR count). The molecule has 2 heteroatoms. The largest absolute Gasteiger partial charge is 0.252 e. The molecule has 0 fully saturated rings. The van der Waals surface area contributed by atoms with Gasteiger partial charge in [-0.15, -0.1) is 0 Å². The molecule has 1 nitrogen and oxygen atoms in total. The highest BCUT2D eigenvalue weighted by Gasteiger charge is 2.18. The van der Waals surface area contributed by atoms with Crippen molar-refractivity contribution in [1.82, 2.24) is 4.98 Å². The van der Waals surface area contributed by atoms with E-state index < -0.39 is 7.92 Å². The van der Waals surface area contributed by atoms with Crippen LogP contribution < -0.4 is 16.0 Å². The minimum atomic E-state index is -0.598. The summed E-state index contributed by atoms with van der Waals surface area (Å²) >= 11 is 0. The van der Waals surface area contributed by atoms with Gasteiger partial charge in [0.05, 0.1) is 5.44 Å². The molecule has 0 saturated carbocycles. The lowest BCUT2D eigenvalue weighted by Crippen LogP contribution is -2.23. The highest BCUT2D eigenvalue weighted by molar-refractivity contribution is 7.79. The summed E-state index contributed by atoms with van der Waals surface area (Å²) in [4.78, 5) is 4.95. The summed E-state index contributed by atoms with van der Waals surface area (Å²) in [7, 11) is -0.598. The summed E-state index contributed by atoms with van der Waals surface area (Å²) in [6, 6.07) is 27.9. The first kappa shape index (κ1) is 14.9. The van der Waals surface area contributed by atoms with E-state index in [4.69, 9.17) is 4.98 Å². The molecule has 0 atom stereocenters. The third-order valence-corrected chi connectivity index (χ3v) is 5.94. The fraction of sp³-hybridized carbons (Fsp3) is 0.150. The summed E-state index contributed by atoms with van der Waals surface area (Å²) in [5, 5.41) is 2.69. The molecule has 22 heavy (non-hydrogen) atoms. The Labute approximate surface area is 133 Å². The lowest BCUT2D eigenvalue weighted by atomic mass is 10.1. The first-order valence-corrected chi connectivity index (χ1v) is 8.97. The molecule has 0 saturated heterocycles. The van der Waals surface area contributed by atoms with Gasteiger partial charge in [-0.3, -0.25) is 4.98 Å². The number of aromatic nitrogens is 1. The van der Waals surface area contributed by atoms with Crippen LogP contribution in [0.15, 0.2) is 78.9 Å². The Hall–Kier alpha value is -1.98. The minimum absolute atomic E-state index is 0.448. The second-order valence-corrected chi connectivity index (χ2v) is 7.74. The van der Waals surface area contributed by atoms with Gasteiger partial charge in [-0.05, 0) is 28.7 Å². The predicted octanol–water partition coefficient (Wildman–Crippen LogP) is 3.96. The summed E-state index contributed by atoms with van der Waals surface area (Å²) in [5.74, 6) is 0.448. The number of pyridine rings is 1. The zero-order valence-corrected chi connectivity index (χ0v) is 13.9. The van der Waals surface area contributed by atoms with Gasteiger partial charge in [0.1, 0.15) is 0 Å². The summed E-state index contributed by atoms with van der Waals surface area (Å²) in [5.41, 5.74) is 2.34. The average molecular weight is 305 g/mol. The van der Waals surface area contributed by atoms with Gasteiger partial charge < -0.3 is 0 Å². The molecule has 0 bridgehead atoms. The molecule has 0 N–H and O–H groups in total. The molecule has 2 aromatic carbocycles. The molecule has 0 radical (unpaired) electrons. The van der Waals surface area contributed by atoms with Gasteiger partial charge in [0.15, 0.2) is 0 Å². The Bertz CT molecular complexity index is 683. The highest BCUT2D eigenvalue weighted by Crippen LogP contribution is 2.32. The molecular weight excluding hydrogens is 285 g/mol. The van der Waals surface area contributed by atoms with Crippen molar-refractivity contribution >= 4 is 24.0 Å². The first-order chi connectivity index (χ1) is 10.8. The summed E-state index contributed by atoms with van der Waals surface area (Å²) in [6.07, 6.45) is 0. The number of nitrogens with zero attached hydrogens (tertiary/aromatic N) is 1. The van der Waals surface area contributed by atoms with E-state index in [0.29, 0.717) is 5.92 Å². The van der Waals surface area contributed by atoms with E-state index in [-0.39, 0.29) is 0 Å². The zero-order chi connectivity index (χ0) is 15.4. The van der Waals surface area contributed by atoms with Gasteiger partial charge in [0.2, 0.25) is 0 Å². The second kappa shape index (κ2) is 6.85. The van der Waals surface area contributed by atoms with Crippen molar-refractivity contribution in [2.75, 3.05) is 0 Å². The Morgan fingerprint density at radius 3 is 1.73 bits per heavy atom. The first-order valence-electron chi connectivity index (χ1n) is 7.63. The SMILES string of the molecule is CC(C)c1cccc(P(c2ccccc2)c2ccccc2)n1. The van der Waals surface area contributed by atoms with Crippen LogP contribution in [0.2, 0.25) is 0 Å². The molecule has 1 heterocycles. The summed E-state index contributed by atoms with van der Waals surface area (Å²) in [6.45, 7) is 4.39. The van der Waals surface area contributed by atoms with Gasteiger partial charge >= 0.3 is 0 Å². The van der Waals surface area contributed by atoms with E-state index in [9.17, 15) is 0 Å². The lowest BCUT2D eigenvalue weighted by Gasteiger charge is -2.19. The van der Waals surface area contributed by atoms with Crippen molar-refractivity contribution in [3.8, 4) is 0 Å². The molecule has 0 amide bonds. The van der Waals surface area contributed by atoms with Crippen LogP contribution in [0.3, 0.4) is 0 Å². The quantitative estimate of drug-likeness (QED) is 0.665. The van der Waals surface area contributed by atoms with E-state index in [2.05, 4.69) is 92.7 Å². The van der Waals surface area contributed by atoms with Gasteiger partial charge in [-0.1, -0.05) is 80.6 Å². The zero-order valence-electron chi connectivity index (χ0n) is 13.0. The molecule has 0 aliphatic carbocycles. The number of hydrogen-bond acceptors (Lipinski definition) is 1. The Morgan fingerprint density at radius 2 is 1.23 bits per heavy atom. The summed E-state index contributed by atoms with van der Waals surface area (Å²) < 4.78 is 0. The number of benzene rings is 2. The average Bonchev–Trinajstić information content (AvgIpc) is 2.57. The number of hydrogen-bond donors (Lipinski definition) is 0. The van der Waals surface area contributed by atoms with Crippen molar-refractivity contribution in [3.63, 3.8) is 0 Å². The third kappa shape index (κ3) is 3.26. The van der Waals surface area contributed by atoms with Crippen LogP contribution in [0, 0.1) is 0 Å². The van der Waals surface area contributed by atoms with E-state index in [1.165, 1.54) is 16.0 Å². The van der Waals surface area contributed by atoms with E-state index >= 15 is 0 Å². The van der Waals surface area contributed by atoms with Crippen LogP contribution in [-0.4, -0.2) is 4.98 Å². The maximum absolute atomic E-state index is 4.95. The van der Waals surface area contributed by atoms with Crippen molar-refractivity contribution in [2.45, 2.75) is 19.8 Å². The molecule has 0 spiro atoms. The van der Waals surface area contributed by atoms with Crippen LogP contribution in [0.5, 0.6) is 0 Å². The smallest absolute Gasteiger partial charge is 0.0724 e. The van der Waals surface area contributed by atoms with Gasteiger partial charge in [0, 0.05) is 13.6 Å². The van der Waals surface area contributed by atoms with Crippen molar-refractivity contribution in [1.29, 1.82) is 0 Å². The minimum Gasteiger partial charge on any atom is -0.252 e. The molecule has 0 aliphatic heterocycles. The standard InChI is InChI=1S/C20H20NP/c1-16(2)19-14-9-15-20(21-19)22(17-10-5-3-6-11-17)18-12-7-4-8-13-18/h3-16H,1-2H3. The molecule has 110 valence electrons. The molecule has 1 aromatic heterocycles. The Morgan fingerprint density at radius 1 is 0.682 bits per heavy atom. The van der Waals surface area contributed by atoms with Crippen LogP contribution in [0.4, 0.5) is 0 Å². The van der Waals surface area contributed by atoms with E-state index in [1.807, 2.05) is 0 Å². The van der Waals surface area contributed by atoms with Crippen LogP contribution in [0.25, 0.3) is 0 Å². The van der Waals surface area contributed by atoms with Gasteiger partial charge in [0.25, 0.3) is 0 Å². The topological polar surface area (TPSA) is 12.9 Å². The fourth-order valence-electron chi connectivity index (χ4n) is 2.45. The second-order valence-electron chi connectivity index (χ2n) is 5.58. The number of rotatable bonds is 4.